The van der Waals surface area contributed by atoms with E-state index in [1.165, 1.54) is 58.0 Å². The van der Waals surface area contributed by atoms with Crippen LogP contribution in [-0.2, 0) is 0 Å². The van der Waals surface area contributed by atoms with Gasteiger partial charge in [0, 0.05) is 6.04 Å². The van der Waals surface area contributed by atoms with Gasteiger partial charge in [0.2, 0.25) is 0 Å². The maximum Gasteiger partial charge on any atom is 0.00977 e. The highest BCUT2D eigenvalue weighted by molar-refractivity contribution is 4.82. The minimum atomic E-state index is 0.880. The lowest BCUT2D eigenvalue weighted by Crippen LogP contribution is -2.43. The van der Waals surface area contributed by atoms with Gasteiger partial charge in [-0.3, -0.25) is 0 Å². The van der Waals surface area contributed by atoms with Crippen molar-refractivity contribution in [3.8, 4) is 0 Å². The Balaban J connectivity index is 1.75. The molecular formula is C14H28N2. The molecule has 0 aromatic carbocycles. The van der Waals surface area contributed by atoms with Gasteiger partial charge in [-0.2, -0.15) is 0 Å². The molecule has 0 radical (unpaired) electrons. The van der Waals surface area contributed by atoms with Gasteiger partial charge >= 0.3 is 0 Å². The van der Waals surface area contributed by atoms with Crippen LogP contribution in [-0.4, -0.2) is 30.6 Å². The lowest BCUT2D eigenvalue weighted by molar-refractivity contribution is 0.0912. The summed E-state index contributed by atoms with van der Waals surface area (Å²) in [5.74, 6) is 1.88. The average Bonchev–Trinajstić information content (AvgIpc) is 2.30. The first-order valence-corrected chi connectivity index (χ1v) is 7.23. The molecule has 1 saturated carbocycles. The van der Waals surface area contributed by atoms with Crippen LogP contribution in [0.25, 0.3) is 0 Å². The number of nitrogens with two attached hydrogens (primary N) is 1. The lowest BCUT2D eigenvalue weighted by atomic mass is 9.84. The zero-order valence-corrected chi connectivity index (χ0v) is 10.8. The molecule has 0 aromatic rings. The fourth-order valence-corrected chi connectivity index (χ4v) is 3.58. The summed E-state index contributed by atoms with van der Waals surface area (Å²) in [5.41, 5.74) is 5.64. The van der Waals surface area contributed by atoms with Gasteiger partial charge in [-0.15, -0.1) is 0 Å². The van der Waals surface area contributed by atoms with Crippen molar-refractivity contribution >= 4 is 0 Å². The zero-order valence-electron chi connectivity index (χ0n) is 10.8. The minimum Gasteiger partial charge on any atom is -0.330 e. The summed E-state index contributed by atoms with van der Waals surface area (Å²) in [6.45, 7) is 5.97. The van der Waals surface area contributed by atoms with E-state index in [0.717, 1.165) is 24.4 Å². The van der Waals surface area contributed by atoms with E-state index in [-0.39, 0.29) is 0 Å². The molecule has 2 nitrogen and oxygen atoms in total. The maximum atomic E-state index is 5.64. The first-order valence-electron chi connectivity index (χ1n) is 7.23. The molecular weight excluding hydrogens is 196 g/mol. The quantitative estimate of drug-likeness (QED) is 0.798. The van der Waals surface area contributed by atoms with Crippen molar-refractivity contribution in [2.24, 2.45) is 17.6 Å². The van der Waals surface area contributed by atoms with Gasteiger partial charge < -0.3 is 10.6 Å². The second kappa shape index (κ2) is 6.02. The van der Waals surface area contributed by atoms with Gasteiger partial charge in [-0.05, 0) is 63.6 Å². The number of rotatable bonds is 3. The Kier molecular flexibility index (Phi) is 4.66. The summed E-state index contributed by atoms with van der Waals surface area (Å²) >= 11 is 0. The second-order valence-corrected chi connectivity index (χ2v) is 5.98. The van der Waals surface area contributed by atoms with Crippen LogP contribution in [0.1, 0.15) is 51.9 Å². The van der Waals surface area contributed by atoms with Crippen molar-refractivity contribution in [2.45, 2.75) is 57.9 Å². The standard InChI is InChI=1S/C14H28N2/c1-12-3-2-4-14(11-12)16-9-6-13(5-8-15)7-10-16/h12-14H,2-11,15H2,1H3. The summed E-state index contributed by atoms with van der Waals surface area (Å²) in [4.78, 5) is 2.77. The van der Waals surface area contributed by atoms with Crippen LogP contribution in [0.2, 0.25) is 0 Å². The first kappa shape index (κ1) is 12.4. The third-order valence-electron chi connectivity index (χ3n) is 4.65. The largest absolute Gasteiger partial charge is 0.330 e. The van der Waals surface area contributed by atoms with E-state index in [9.17, 15) is 0 Å². The fourth-order valence-electron chi connectivity index (χ4n) is 3.58. The van der Waals surface area contributed by atoms with E-state index in [0.29, 0.717) is 0 Å². The maximum absolute atomic E-state index is 5.64. The number of hydrogen-bond acceptors (Lipinski definition) is 2. The molecule has 1 aliphatic heterocycles. The molecule has 0 spiro atoms. The molecule has 1 saturated heterocycles. The molecule has 2 aliphatic rings. The molecule has 94 valence electrons. The number of piperidine rings is 1. The molecule has 2 heteroatoms. The highest BCUT2D eigenvalue weighted by Crippen LogP contribution is 2.30. The van der Waals surface area contributed by atoms with Gasteiger partial charge in [0.25, 0.3) is 0 Å². The van der Waals surface area contributed by atoms with Crippen molar-refractivity contribution in [1.82, 2.24) is 4.90 Å². The summed E-state index contributed by atoms with van der Waals surface area (Å²) in [6.07, 6.45) is 9.83. The molecule has 2 rings (SSSR count). The monoisotopic (exact) mass is 224 g/mol. The average molecular weight is 224 g/mol. The number of likely N-dealkylation sites (tertiary alicyclic amines) is 1. The summed E-state index contributed by atoms with van der Waals surface area (Å²) in [6, 6.07) is 0.905. The summed E-state index contributed by atoms with van der Waals surface area (Å²) in [5, 5.41) is 0. The highest BCUT2D eigenvalue weighted by atomic mass is 15.2. The number of nitrogens with zero attached hydrogens (tertiary/aromatic N) is 1. The van der Waals surface area contributed by atoms with Crippen LogP contribution < -0.4 is 5.73 Å². The van der Waals surface area contributed by atoms with Gasteiger partial charge in [-0.1, -0.05) is 19.8 Å². The molecule has 0 aromatic heterocycles. The molecule has 1 aliphatic carbocycles. The molecule has 2 fully saturated rings. The van der Waals surface area contributed by atoms with E-state index in [1.807, 2.05) is 0 Å². The van der Waals surface area contributed by atoms with Crippen LogP contribution in [0.15, 0.2) is 0 Å². The lowest BCUT2D eigenvalue weighted by Gasteiger charge is -2.40. The first-order chi connectivity index (χ1) is 7.79. The smallest absolute Gasteiger partial charge is 0.00977 e. The van der Waals surface area contributed by atoms with Gasteiger partial charge in [0.1, 0.15) is 0 Å². The molecule has 16 heavy (non-hydrogen) atoms. The van der Waals surface area contributed by atoms with Crippen molar-refractivity contribution < 1.29 is 0 Å². The molecule has 0 amide bonds. The van der Waals surface area contributed by atoms with E-state index in [1.54, 1.807) is 0 Å². The Bertz CT molecular complexity index is 197. The highest BCUT2D eigenvalue weighted by Gasteiger charge is 2.27. The van der Waals surface area contributed by atoms with Crippen LogP contribution >= 0.6 is 0 Å². The van der Waals surface area contributed by atoms with E-state index < -0.39 is 0 Å². The van der Waals surface area contributed by atoms with Crippen LogP contribution in [0.3, 0.4) is 0 Å². The fraction of sp³-hybridized carbons (Fsp3) is 1.00. The predicted molar refractivity (Wildman–Crippen MR) is 69.4 cm³/mol. The second-order valence-electron chi connectivity index (χ2n) is 5.98. The topological polar surface area (TPSA) is 29.3 Å². The third-order valence-corrected chi connectivity index (χ3v) is 4.65. The molecule has 2 N–H and O–H groups in total. The third kappa shape index (κ3) is 3.21. The Morgan fingerprint density at radius 3 is 2.50 bits per heavy atom. The molecule has 0 bridgehead atoms. The van der Waals surface area contributed by atoms with Gasteiger partial charge in [0.05, 0.1) is 0 Å². The molecule has 2 unspecified atom stereocenters. The van der Waals surface area contributed by atoms with Crippen molar-refractivity contribution in [2.75, 3.05) is 19.6 Å². The number of hydrogen-bond donors (Lipinski definition) is 1. The predicted octanol–water partition coefficient (Wildman–Crippen LogP) is 2.63. The Labute approximate surface area is 101 Å². The normalized spacial score (nSPS) is 34.1. The van der Waals surface area contributed by atoms with Crippen molar-refractivity contribution in [1.29, 1.82) is 0 Å². The minimum absolute atomic E-state index is 0.880. The molecule has 2 atom stereocenters. The Morgan fingerprint density at radius 1 is 1.12 bits per heavy atom. The Hall–Kier alpha value is -0.0800. The summed E-state index contributed by atoms with van der Waals surface area (Å²) in [7, 11) is 0. The van der Waals surface area contributed by atoms with Gasteiger partial charge in [-0.25, -0.2) is 0 Å². The zero-order chi connectivity index (χ0) is 11.4. The van der Waals surface area contributed by atoms with E-state index >= 15 is 0 Å². The van der Waals surface area contributed by atoms with Crippen LogP contribution in [0, 0.1) is 11.8 Å². The SMILES string of the molecule is CC1CCCC(N2CCC(CCN)CC2)C1. The van der Waals surface area contributed by atoms with Gasteiger partial charge in [0.15, 0.2) is 0 Å². The van der Waals surface area contributed by atoms with Crippen LogP contribution in [0.5, 0.6) is 0 Å². The van der Waals surface area contributed by atoms with Crippen molar-refractivity contribution in [3.63, 3.8) is 0 Å². The van der Waals surface area contributed by atoms with Crippen molar-refractivity contribution in [3.05, 3.63) is 0 Å². The Morgan fingerprint density at radius 2 is 1.88 bits per heavy atom. The van der Waals surface area contributed by atoms with E-state index in [2.05, 4.69) is 11.8 Å². The van der Waals surface area contributed by atoms with Crippen LogP contribution in [0.4, 0.5) is 0 Å². The van der Waals surface area contributed by atoms with E-state index in [4.69, 9.17) is 5.73 Å². The summed E-state index contributed by atoms with van der Waals surface area (Å²) < 4.78 is 0. The molecule has 1 heterocycles.